The second-order valence-corrected chi connectivity index (χ2v) is 9.62. The molecule has 0 unspecified atom stereocenters. The molecular weight excluding hydrogens is 350 g/mol. The van der Waals surface area contributed by atoms with Crippen LogP contribution in [0.5, 0.6) is 0 Å². The average molecular weight is 384 g/mol. The highest BCUT2D eigenvalue weighted by molar-refractivity contribution is 5.92. The summed E-state index contributed by atoms with van der Waals surface area (Å²) in [5, 5.41) is 9.17. The van der Waals surface area contributed by atoms with Crippen molar-refractivity contribution in [3.8, 4) is 0 Å². The van der Waals surface area contributed by atoms with Crippen LogP contribution >= 0.6 is 0 Å². The van der Waals surface area contributed by atoms with Gasteiger partial charge in [0.2, 0.25) is 5.91 Å². The van der Waals surface area contributed by atoms with Crippen LogP contribution in [0.25, 0.3) is 0 Å². The zero-order chi connectivity index (χ0) is 19.7. The maximum Gasteiger partial charge on any atom is 0.315 e. The van der Waals surface area contributed by atoms with Gasteiger partial charge in [-0.15, -0.1) is 0 Å². The van der Waals surface area contributed by atoms with Gasteiger partial charge in [-0.3, -0.25) is 4.79 Å². The van der Waals surface area contributed by atoms with Crippen LogP contribution in [0.15, 0.2) is 24.3 Å². The Kier molecular flexibility index (Phi) is 5.35. The summed E-state index contributed by atoms with van der Waals surface area (Å²) in [5.74, 6) is 2.69. The van der Waals surface area contributed by atoms with Gasteiger partial charge in [0.15, 0.2) is 0 Å². The smallest absolute Gasteiger partial charge is 0.315 e. The first kappa shape index (κ1) is 19.3. The molecule has 0 atom stereocenters. The quantitative estimate of drug-likeness (QED) is 0.681. The van der Waals surface area contributed by atoms with E-state index in [1.54, 1.807) is 0 Å². The third kappa shape index (κ3) is 4.18. The molecule has 5 nitrogen and oxygen atoms in total. The number of carbonyl (C=O) groups is 2. The summed E-state index contributed by atoms with van der Waals surface area (Å²) in [6, 6.07) is 7.77. The lowest BCUT2D eigenvalue weighted by Gasteiger charge is -2.56. The average Bonchev–Trinajstić information content (AvgIpc) is 2.60. The molecule has 5 rings (SSSR count). The fourth-order valence-corrected chi connectivity index (χ4v) is 6.17. The summed E-state index contributed by atoms with van der Waals surface area (Å²) in [6.07, 6.45) is 7.78. The summed E-state index contributed by atoms with van der Waals surface area (Å²) in [5.41, 5.74) is 2.00. The molecule has 1 aromatic rings. The number of urea groups is 1. The van der Waals surface area contributed by atoms with Crippen LogP contribution in [0.4, 0.5) is 10.5 Å². The molecule has 0 saturated heterocycles. The van der Waals surface area contributed by atoms with Crippen molar-refractivity contribution in [2.75, 3.05) is 11.9 Å². The van der Waals surface area contributed by atoms with Crippen LogP contribution < -0.4 is 16.0 Å². The summed E-state index contributed by atoms with van der Waals surface area (Å²) < 4.78 is 0. The summed E-state index contributed by atoms with van der Waals surface area (Å²) >= 11 is 0. The molecule has 4 aliphatic carbocycles. The second-order valence-electron chi connectivity index (χ2n) is 9.62. The van der Waals surface area contributed by atoms with Crippen molar-refractivity contribution < 1.29 is 9.59 Å². The first-order valence-corrected chi connectivity index (χ1v) is 10.9. The topological polar surface area (TPSA) is 70.2 Å². The van der Waals surface area contributed by atoms with E-state index in [1.807, 2.05) is 24.3 Å². The number of anilines is 1. The van der Waals surface area contributed by atoms with E-state index in [9.17, 15) is 9.59 Å². The normalized spacial score (nSPS) is 30.3. The molecule has 28 heavy (non-hydrogen) atoms. The van der Waals surface area contributed by atoms with E-state index in [0.29, 0.717) is 12.5 Å². The van der Waals surface area contributed by atoms with E-state index in [0.717, 1.165) is 48.3 Å². The molecule has 3 amide bonds. The highest BCUT2D eigenvalue weighted by Crippen LogP contribution is 2.55. The fourth-order valence-electron chi connectivity index (χ4n) is 6.17. The van der Waals surface area contributed by atoms with Crippen LogP contribution in [0.3, 0.4) is 0 Å². The molecule has 4 bridgehead atoms. The minimum atomic E-state index is -0.114. The second kappa shape index (κ2) is 7.76. The Labute approximate surface area is 168 Å². The van der Waals surface area contributed by atoms with Gasteiger partial charge in [-0.25, -0.2) is 4.79 Å². The number of para-hydroxylation sites is 1. The summed E-state index contributed by atoms with van der Waals surface area (Å²) in [6.45, 7) is 4.58. The van der Waals surface area contributed by atoms with Gasteiger partial charge >= 0.3 is 6.03 Å². The van der Waals surface area contributed by atoms with E-state index in [4.69, 9.17) is 0 Å². The highest BCUT2D eigenvalue weighted by atomic mass is 16.2. The molecule has 5 heteroatoms. The molecular formula is C23H33N3O2. The Morgan fingerprint density at radius 2 is 1.64 bits per heavy atom. The van der Waals surface area contributed by atoms with Crippen LogP contribution in [-0.2, 0) is 4.79 Å². The molecule has 0 radical (unpaired) electrons. The van der Waals surface area contributed by atoms with Crippen molar-refractivity contribution in [2.45, 2.75) is 70.3 Å². The Morgan fingerprint density at radius 3 is 2.25 bits per heavy atom. The van der Waals surface area contributed by atoms with Gasteiger partial charge in [-0.2, -0.15) is 0 Å². The molecule has 4 aliphatic rings. The lowest BCUT2D eigenvalue weighted by atomic mass is 9.53. The Hall–Kier alpha value is -2.04. The monoisotopic (exact) mass is 383 g/mol. The van der Waals surface area contributed by atoms with Crippen LogP contribution in [-0.4, -0.2) is 24.0 Å². The number of hydrogen-bond donors (Lipinski definition) is 3. The predicted molar refractivity (Wildman–Crippen MR) is 111 cm³/mol. The minimum absolute atomic E-state index is 0.0112. The van der Waals surface area contributed by atoms with Crippen molar-refractivity contribution in [3.05, 3.63) is 29.8 Å². The van der Waals surface area contributed by atoms with Crippen LogP contribution in [0.2, 0.25) is 0 Å². The molecule has 3 N–H and O–H groups in total. The van der Waals surface area contributed by atoms with Gasteiger partial charge in [-0.1, -0.05) is 32.0 Å². The lowest BCUT2D eigenvalue weighted by Crippen LogP contribution is -2.61. The fraction of sp³-hybridized carbons (Fsp3) is 0.652. The van der Waals surface area contributed by atoms with Gasteiger partial charge in [0.05, 0.1) is 0 Å². The van der Waals surface area contributed by atoms with Gasteiger partial charge in [-0.05, 0) is 73.8 Å². The molecule has 0 heterocycles. The first-order valence-electron chi connectivity index (χ1n) is 10.9. The van der Waals surface area contributed by atoms with E-state index in [-0.39, 0.29) is 23.9 Å². The van der Waals surface area contributed by atoms with E-state index in [2.05, 4.69) is 29.8 Å². The SMILES string of the molecule is CC(C)c1ccccc1NC(=O)CCNC(=O)NC12CC3CC(CC(C3)C1)C2. The minimum Gasteiger partial charge on any atom is -0.338 e. The van der Waals surface area contributed by atoms with Crippen molar-refractivity contribution in [1.82, 2.24) is 10.6 Å². The maximum atomic E-state index is 12.5. The summed E-state index contributed by atoms with van der Waals surface area (Å²) in [4.78, 5) is 24.8. The van der Waals surface area contributed by atoms with Gasteiger partial charge in [0.1, 0.15) is 0 Å². The van der Waals surface area contributed by atoms with Crippen molar-refractivity contribution >= 4 is 17.6 Å². The predicted octanol–water partition coefficient (Wildman–Crippen LogP) is 4.41. The number of benzene rings is 1. The summed E-state index contributed by atoms with van der Waals surface area (Å²) in [7, 11) is 0. The molecule has 0 spiro atoms. The number of nitrogens with one attached hydrogen (secondary N) is 3. The van der Waals surface area contributed by atoms with E-state index in [1.165, 1.54) is 19.3 Å². The van der Waals surface area contributed by atoms with Crippen molar-refractivity contribution in [2.24, 2.45) is 17.8 Å². The third-order valence-electron chi connectivity index (χ3n) is 6.91. The number of hydrogen-bond acceptors (Lipinski definition) is 2. The van der Waals surface area contributed by atoms with Gasteiger partial charge in [0, 0.05) is 24.2 Å². The zero-order valence-corrected chi connectivity index (χ0v) is 17.1. The lowest BCUT2D eigenvalue weighted by molar-refractivity contribution is -0.116. The molecule has 0 aromatic heterocycles. The largest absolute Gasteiger partial charge is 0.338 e. The number of amides is 3. The Balaban J connectivity index is 1.23. The van der Waals surface area contributed by atoms with Gasteiger partial charge in [0.25, 0.3) is 0 Å². The van der Waals surface area contributed by atoms with E-state index < -0.39 is 0 Å². The molecule has 4 saturated carbocycles. The van der Waals surface area contributed by atoms with Crippen molar-refractivity contribution in [3.63, 3.8) is 0 Å². The Bertz CT molecular complexity index is 708. The third-order valence-corrected chi connectivity index (χ3v) is 6.91. The van der Waals surface area contributed by atoms with E-state index >= 15 is 0 Å². The van der Waals surface area contributed by atoms with Gasteiger partial charge < -0.3 is 16.0 Å². The highest BCUT2D eigenvalue weighted by Gasteiger charge is 2.51. The number of carbonyl (C=O) groups excluding carboxylic acids is 2. The Morgan fingerprint density at radius 1 is 1.04 bits per heavy atom. The molecule has 152 valence electrons. The van der Waals surface area contributed by atoms with Crippen molar-refractivity contribution in [1.29, 1.82) is 0 Å². The first-order chi connectivity index (χ1) is 13.4. The van der Waals surface area contributed by atoms with Crippen LogP contribution in [0.1, 0.15) is 70.3 Å². The molecule has 4 fully saturated rings. The molecule has 1 aromatic carbocycles. The standard InChI is InChI=1S/C23H33N3O2/c1-15(2)19-5-3-4-6-20(19)25-21(27)7-8-24-22(28)26-23-12-16-9-17(13-23)11-18(10-16)14-23/h3-6,15-18H,7-14H2,1-2H3,(H,25,27)(H2,24,26,28). The maximum absolute atomic E-state index is 12.5. The zero-order valence-electron chi connectivity index (χ0n) is 17.1. The van der Waals surface area contributed by atoms with Crippen LogP contribution in [0, 0.1) is 17.8 Å². The molecule has 0 aliphatic heterocycles. The number of rotatable bonds is 6.